The molecule has 1 aliphatic rings. The van der Waals surface area contributed by atoms with Crippen LogP contribution >= 0.6 is 15.9 Å². The first-order valence-corrected chi connectivity index (χ1v) is 9.36. The Morgan fingerprint density at radius 1 is 1.12 bits per heavy atom. The molecule has 0 fully saturated rings. The number of rotatable bonds is 3. The van der Waals surface area contributed by atoms with Crippen LogP contribution in [0.4, 0.5) is 11.4 Å². The number of hydrogen-bond acceptors (Lipinski definition) is 7. The van der Waals surface area contributed by atoms with Crippen molar-refractivity contribution in [2.24, 2.45) is 0 Å². The molecule has 0 aromatic heterocycles. The molecule has 1 heterocycles. The number of sulfone groups is 1. The summed E-state index contributed by atoms with van der Waals surface area (Å²) in [4.78, 5) is 11.4. The van der Waals surface area contributed by atoms with E-state index in [9.17, 15) is 13.2 Å². The Morgan fingerprint density at radius 3 is 2.44 bits per heavy atom. The van der Waals surface area contributed by atoms with E-state index in [1.54, 1.807) is 12.1 Å². The van der Waals surface area contributed by atoms with E-state index >= 15 is 0 Å². The highest BCUT2D eigenvalue weighted by molar-refractivity contribution is 9.10. The molecule has 0 saturated carbocycles. The van der Waals surface area contributed by atoms with Crippen molar-refractivity contribution in [3.05, 3.63) is 28.7 Å². The fraction of sp³-hybridized carbons (Fsp3) is 0.188. The standard InChI is InChI=1S/C16H14BrNO6S/c1-8(19)24-15-12(23-3)7-11-16(14(15)17)25(20,21)13-6-9(22-2)4-5-10(13)18-11/h4-7,18H,1-3H3. The molecule has 0 amide bonds. The van der Waals surface area contributed by atoms with E-state index in [0.717, 1.165) is 0 Å². The summed E-state index contributed by atoms with van der Waals surface area (Å²) in [6, 6.07) is 6.19. The summed E-state index contributed by atoms with van der Waals surface area (Å²) in [6.45, 7) is 1.22. The lowest BCUT2D eigenvalue weighted by Crippen LogP contribution is -2.16. The van der Waals surface area contributed by atoms with E-state index in [4.69, 9.17) is 14.2 Å². The summed E-state index contributed by atoms with van der Waals surface area (Å²) in [5.41, 5.74) is 0.736. The maximum atomic E-state index is 13.1. The fourth-order valence-electron chi connectivity index (χ4n) is 2.55. The molecule has 132 valence electrons. The second-order valence-electron chi connectivity index (χ2n) is 5.18. The summed E-state index contributed by atoms with van der Waals surface area (Å²) in [6.07, 6.45) is 0. The van der Waals surface area contributed by atoms with Crippen molar-refractivity contribution in [1.29, 1.82) is 0 Å². The SMILES string of the molecule is COc1ccc2c(c1)S(=O)(=O)c1c(cc(OC)c(OC(C)=O)c1Br)N2. The highest BCUT2D eigenvalue weighted by atomic mass is 79.9. The number of carbonyl (C=O) groups excluding carboxylic acids is 1. The minimum Gasteiger partial charge on any atom is -0.497 e. The Balaban J connectivity index is 2.29. The van der Waals surface area contributed by atoms with Gasteiger partial charge >= 0.3 is 5.97 Å². The number of carbonyl (C=O) groups is 1. The Kier molecular flexibility index (Phi) is 4.38. The van der Waals surface area contributed by atoms with Crippen LogP contribution in [0.3, 0.4) is 0 Å². The second kappa shape index (κ2) is 6.23. The van der Waals surface area contributed by atoms with Gasteiger partial charge in [0.15, 0.2) is 11.5 Å². The molecule has 0 bridgehead atoms. The molecule has 0 aliphatic carbocycles. The molecule has 9 heteroatoms. The van der Waals surface area contributed by atoms with Crippen LogP contribution in [0.1, 0.15) is 6.92 Å². The summed E-state index contributed by atoms with van der Waals surface area (Å²) in [5, 5.41) is 3.06. The number of methoxy groups -OCH3 is 2. The Morgan fingerprint density at radius 2 is 1.84 bits per heavy atom. The van der Waals surface area contributed by atoms with Gasteiger partial charge in [-0.05, 0) is 28.1 Å². The van der Waals surface area contributed by atoms with Crippen LogP contribution in [0, 0.1) is 0 Å². The first kappa shape index (κ1) is 17.6. The molecule has 1 N–H and O–H groups in total. The van der Waals surface area contributed by atoms with Crippen LogP contribution in [0.15, 0.2) is 38.5 Å². The molecule has 0 radical (unpaired) electrons. The molecule has 0 saturated heterocycles. The van der Waals surface area contributed by atoms with Crippen molar-refractivity contribution in [3.8, 4) is 17.2 Å². The molecule has 2 aromatic rings. The van der Waals surface area contributed by atoms with Gasteiger partial charge in [0.25, 0.3) is 0 Å². The van der Waals surface area contributed by atoms with Gasteiger partial charge in [-0.3, -0.25) is 4.79 Å². The third-order valence-electron chi connectivity index (χ3n) is 3.62. The van der Waals surface area contributed by atoms with Gasteiger partial charge in [-0.25, -0.2) is 8.42 Å². The van der Waals surface area contributed by atoms with E-state index in [2.05, 4.69) is 21.2 Å². The molecular formula is C16H14BrNO6S. The van der Waals surface area contributed by atoms with Crippen LogP contribution in [-0.4, -0.2) is 28.6 Å². The fourth-order valence-corrected chi connectivity index (χ4v) is 5.31. The molecule has 25 heavy (non-hydrogen) atoms. The van der Waals surface area contributed by atoms with Crippen molar-refractivity contribution in [3.63, 3.8) is 0 Å². The third-order valence-corrected chi connectivity index (χ3v) is 6.52. The van der Waals surface area contributed by atoms with Gasteiger partial charge in [0.1, 0.15) is 10.6 Å². The Labute approximate surface area is 152 Å². The normalized spacial score (nSPS) is 13.9. The van der Waals surface area contributed by atoms with Gasteiger partial charge in [-0.1, -0.05) is 0 Å². The first-order chi connectivity index (χ1) is 11.8. The highest BCUT2D eigenvalue weighted by Gasteiger charge is 2.35. The van der Waals surface area contributed by atoms with Gasteiger partial charge in [0, 0.05) is 19.1 Å². The molecule has 0 atom stereocenters. The predicted molar refractivity (Wildman–Crippen MR) is 93.7 cm³/mol. The minimum absolute atomic E-state index is 0.00507. The first-order valence-electron chi connectivity index (χ1n) is 7.08. The minimum atomic E-state index is -3.88. The van der Waals surface area contributed by atoms with Gasteiger partial charge in [0.2, 0.25) is 9.84 Å². The quantitative estimate of drug-likeness (QED) is 0.506. The van der Waals surface area contributed by atoms with Crippen LogP contribution in [-0.2, 0) is 14.6 Å². The molecule has 1 aliphatic heterocycles. The monoisotopic (exact) mass is 427 g/mol. The number of benzene rings is 2. The maximum Gasteiger partial charge on any atom is 0.308 e. The highest BCUT2D eigenvalue weighted by Crippen LogP contribution is 2.50. The van der Waals surface area contributed by atoms with Crippen LogP contribution < -0.4 is 19.5 Å². The van der Waals surface area contributed by atoms with Crippen molar-refractivity contribution >= 4 is 43.1 Å². The number of halogens is 1. The van der Waals surface area contributed by atoms with Crippen LogP contribution in [0.2, 0.25) is 0 Å². The van der Waals surface area contributed by atoms with Gasteiger partial charge < -0.3 is 19.5 Å². The third kappa shape index (κ3) is 2.83. The molecule has 2 aromatic carbocycles. The molecule has 0 unspecified atom stereocenters. The van der Waals surface area contributed by atoms with E-state index in [1.807, 2.05) is 0 Å². The number of esters is 1. The summed E-state index contributed by atoms with van der Waals surface area (Å²) in [7, 11) is -1.03. The largest absolute Gasteiger partial charge is 0.497 e. The lowest BCUT2D eigenvalue weighted by Gasteiger charge is -2.25. The summed E-state index contributed by atoms with van der Waals surface area (Å²) < 4.78 is 41.8. The summed E-state index contributed by atoms with van der Waals surface area (Å²) >= 11 is 3.24. The van der Waals surface area contributed by atoms with Crippen molar-refractivity contribution < 1.29 is 27.4 Å². The van der Waals surface area contributed by atoms with Crippen molar-refractivity contribution in [1.82, 2.24) is 0 Å². The second-order valence-corrected chi connectivity index (χ2v) is 7.83. The molecule has 3 rings (SSSR count). The van der Waals surface area contributed by atoms with E-state index in [1.165, 1.54) is 33.3 Å². The van der Waals surface area contributed by atoms with Crippen LogP contribution in [0.5, 0.6) is 17.2 Å². The zero-order chi connectivity index (χ0) is 18.4. The maximum absolute atomic E-state index is 13.1. The van der Waals surface area contributed by atoms with E-state index < -0.39 is 15.8 Å². The average Bonchev–Trinajstić information content (AvgIpc) is 2.56. The van der Waals surface area contributed by atoms with Gasteiger partial charge in [-0.15, -0.1) is 0 Å². The molecule has 7 nitrogen and oxygen atoms in total. The lowest BCUT2D eigenvalue weighted by atomic mass is 10.2. The number of nitrogens with one attached hydrogen (secondary N) is 1. The zero-order valence-electron chi connectivity index (χ0n) is 13.5. The lowest BCUT2D eigenvalue weighted by molar-refractivity contribution is -0.132. The van der Waals surface area contributed by atoms with Crippen LogP contribution in [0.25, 0.3) is 0 Å². The Bertz CT molecular complexity index is 987. The molecule has 0 spiro atoms. The average molecular weight is 428 g/mol. The van der Waals surface area contributed by atoms with E-state index in [0.29, 0.717) is 17.1 Å². The van der Waals surface area contributed by atoms with Crippen molar-refractivity contribution in [2.45, 2.75) is 16.7 Å². The van der Waals surface area contributed by atoms with E-state index in [-0.39, 0.29) is 25.8 Å². The Hall–Kier alpha value is -2.26. The number of hydrogen-bond donors (Lipinski definition) is 1. The smallest absolute Gasteiger partial charge is 0.308 e. The molecular weight excluding hydrogens is 414 g/mol. The van der Waals surface area contributed by atoms with Crippen molar-refractivity contribution in [2.75, 3.05) is 19.5 Å². The summed E-state index contributed by atoms with van der Waals surface area (Å²) in [5.74, 6) is 0.0468. The van der Waals surface area contributed by atoms with Gasteiger partial charge in [-0.2, -0.15) is 0 Å². The number of anilines is 2. The zero-order valence-corrected chi connectivity index (χ0v) is 15.9. The predicted octanol–water partition coefficient (Wildman–Crippen LogP) is 3.28. The topological polar surface area (TPSA) is 90.9 Å². The number of ether oxygens (including phenoxy) is 3. The van der Waals surface area contributed by atoms with Gasteiger partial charge in [0.05, 0.1) is 35.0 Å². The number of fused-ring (bicyclic) bond motifs is 2.